The summed E-state index contributed by atoms with van der Waals surface area (Å²) in [5, 5.41) is 14.4. The van der Waals surface area contributed by atoms with E-state index in [2.05, 4.69) is 36.5 Å². The lowest BCUT2D eigenvalue weighted by Crippen LogP contribution is -2.21. The molecule has 0 aliphatic carbocycles. The normalized spacial score (nSPS) is 12.4. The van der Waals surface area contributed by atoms with Crippen LogP contribution < -0.4 is 10.9 Å². The third kappa shape index (κ3) is 3.97. The summed E-state index contributed by atoms with van der Waals surface area (Å²) in [6.07, 6.45) is 1.77. The Morgan fingerprint density at radius 3 is 2.54 bits per heavy atom. The van der Waals surface area contributed by atoms with Crippen LogP contribution in [0, 0.1) is 0 Å². The second kappa shape index (κ2) is 8.19. The number of aromatic hydroxyl groups is 1. The fourth-order valence-electron chi connectivity index (χ4n) is 3.34. The largest absolute Gasteiger partial charge is 0.508 e. The molecule has 1 atom stereocenters. The minimum Gasteiger partial charge on any atom is -0.508 e. The van der Waals surface area contributed by atoms with E-state index >= 15 is 0 Å². The van der Waals surface area contributed by atoms with Gasteiger partial charge in [0.05, 0.1) is 0 Å². The molecule has 4 heteroatoms. The van der Waals surface area contributed by atoms with Crippen molar-refractivity contribution in [3.05, 3.63) is 75.6 Å². The molecule has 0 aliphatic rings. The Balaban J connectivity index is 1.81. The Kier molecular flexibility index (Phi) is 5.74. The van der Waals surface area contributed by atoms with E-state index in [0.717, 1.165) is 35.9 Å². The number of fused-ring (bicyclic) bond motifs is 1. The Morgan fingerprint density at radius 2 is 1.85 bits per heavy atom. The minimum atomic E-state index is -0.395. The van der Waals surface area contributed by atoms with Crippen LogP contribution in [0.3, 0.4) is 0 Å². The van der Waals surface area contributed by atoms with Gasteiger partial charge in [-0.2, -0.15) is 0 Å². The van der Waals surface area contributed by atoms with Gasteiger partial charge in [-0.05, 0) is 41.5 Å². The van der Waals surface area contributed by atoms with E-state index in [1.54, 1.807) is 0 Å². The Labute approximate surface area is 153 Å². The molecule has 0 fully saturated rings. The summed E-state index contributed by atoms with van der Waals surface area (Å²) >= 11 is 0. The van der Waals surface area contributed by atoms with Crippen molar-refractivity contribution in [3.8, 4) is 5.75 Å². The predicted molar refractivity (Wildman–Crippen MR) is 105 cm³/mol. The second-order valence-corrected chi connectivity index (χ2v) is 6.57. The molecular formula is C22H25NO3. The van der Waals surface area contributed by atoms with E-state index < -0.39 is 5.63 Å². The summed E-state index contributed by atoms with van der Waals surface area (Å²) in [5.41, 5.74) is 3.10. The Morgan fingerprint density at radius 1 is 1.08 bits per heavy atom. The zero-order chi connectivity index (χ0) is 18.5. The molecule has 0 bridgehead atoms. The highest BCUT2D eigenvalue weighted by Crippen LogP contribution is 2.27. The summed E-state index contributed by atoms with van der Waals surface area (Å²) in [6.45, 7) is 5.59. The predicted octanol–water partition coefficient (Wildman–Crippen LogP) is 4.34. The number of rotatable bonds is 7. The lowest BCUT2D eigenvalue weighted by atomic mass is 9.96. The van der Waals surface area contributed by atoms with Gasteiger partial charge in [-0.15, -0.1) is 0 Å². The molecule has 0 radical (unpaired) electrons. The first-order chi connectivity index (χ1) is 12.6. The number of phenols is 1. The third-order valence-corrected chi connectivity index (χ3v) is 4.88. The van der Waals surface area contributed by atoms with Crippen LogP contribution in [-0.2, 0) is 13.0 Å². The van der Waals surface area contributed by atoms with Crippen LogP contribution in [0.4, 0.5) is 0 Å². The highest BCUT2D eigenvalue weighted by Gasteiger charge is 2.12. The first-order valence-corrected chi connectivity index (χ1v) is 9.16. The van der Waals surface area contributed by atoms with Gasteiger partial charge >= 0.3 is 5.63 Å². The first-order valence-electron chi connectivity index (χ1n) is 9.16. The van der Waals surface area contributed by atoms with Crippen LogP contribution in [0.15, 0.2) is 57.7 Å². The third-order valence-electron chi connectivity index (χ3n) is 4.88. The van der Waals surface area contributed by atoms with Crippen molar-refractivity contribution in [1.82, 2.24) is 5.32 Å². The molecule has 0 amide bonds. The van der Waals surface area contributed by atoms with E-state index in [1.807, 2.05) is 19.1 Å². The number of phenolic OH excluding ortho intramolecular Hbond substituents is 1. The highest BCUT2D eigenvalue weighted by molar-refractivity contribution is 5.82. The lowest BCUT2D eigenvalue weighted by Gasteiger charge is -2.17. The monoisotopic (exact) mass is 351 g/mol. The van der Waals surface area contributed by atoms with Gasteiger partial charge in [0.1, 0.15) is 11.3 Å². The maximum absolute atomic E-state index is 11.9. The number of hydrogen-bond acceptors (Lipinski definition) is 4. The van der Waals surface area contributed by atoms with E-state index in [9.17, 15) is 9.90 Å². The van der Waals surface area contributed by atoms with Crippen LogP contribution >= 0.6 is 0 Å². The van der Waals surface area contributed by atoms with E-state index in [1.165, 1.54) is 17.7 Å². The van der Waals surface area contributed by atoms with E-state index in [-0.39, 0.29) is 5.75 Å². The van der Waals surface area contributed by atoms with Gasteiger partial charge in [-0.1, -0.05) is 44.2 Å². The molecule has 4 nitrogen and oxygen atoms in total. The lowest BCUT2D eigenvalue weighted by molar-refractivity contribution is 0.466. The number of hydrogen-bond donors (Lipinski definition) is 2. The summed E-state index contributed by atoms with van der Waals surface area (Å²) in [4.78, 5) is 11.9. The molecule has 0 saturated carbocycles. The summed E-state index contributed by atoms with van der Waals surface area (Å²) in [5.74, 6) is 0.598. The summed E-state index contributed by atoms with van der Waals surface area (Å²) in [6, 6.07) is 15.4. The van der Waals surface area contributed by atoms with Gasteiger partial charge in [0.15, 0.2) is 0 Å². The van der Waals surface area contributed by atoms with Crippen LogP contribution in [0.25, 0.3) is 11.0 Å². The van der Waals surface area contributed by atoms with E-state index in [0.29, 0.717) is 18.0 Å². The SMILES string of the molecule is CCc1cc2c(CNC[C@@H](CC)c3ccccc3)cc(=O)oc2cc1O. The molecule has 3 aromatic rings. The highest BCUT2D eigenvalue weighted by atomic mass is 16.4. The minimum absolute atomic E-state index is 0.170. The molecule has 1 aromatic heterocycles. The van der Waals surface area contributed by atoms with Crippen molar-refractivity contribution in [2.24, 2.45) is 0 Å². The van der Waals surface area contributed by atoms with Crippen LogP contribution in [0.1, 0.15) is 42.9 Å². The van der Waals surface area contributed by atoms with Gasteiger partial charge in [-0.25, -0.2) is 4.79 Å². The van der Waals surface area contributed by atoms with Gasteiger partial charge in [-0.3, -0.25) is 0 Å². The van der Waals surface area contributed by atoms with Crippen molar-refractivity contribution in [2.75, 3.05) is 6.54 Å². The zero-order valence-electron chi connectivity index (χ0n) is 15.3. The van der Waals surface area contributed by atoms with Crippen molar-refractivity contribution in [2.45, 2.75) is 39.2 Å². The fraction of sp³-hybridized carbons (Fsp3) is 0.318. The average molecular weight is 351 g/mol. The van der Waals surface area contributed by atoms with Crippen LogP contribution in [0.5, 0.6) is 5.75 Å². The zero-order valence-corrected chi connectivity index (χ0v) is 15.3. The molecule has 2 aromatic carbocycles. The standard InChI is InChI=1S/C22H25NO3/c1-3-15-10-19-18(11-22(25)26-21(19)12-20(15)24)14-23-13-16(4-2)17-8-6-5-7-9-17/h5-12,16,23-24H,3-4,13-14H2,1-2H3/t16-/m1/s1. The number of nitrogens with one attached hydrogen (secondary N) is 1. The maximum Gasteiger partial charge on any atom is 0.336 e. The summed E-state index contributed by atoms with van der Waals surface area (Å²) < 4.78 is 5.26. The number of aryl methyl sites for hydroxylation is 1. The van der Waals surface area contributed by atoms with E-state index in [4.69, 9.17) is 4.42 Å². The first kappa shape index (κ1) is 18.2. The fourth-order valence-corrected chi connectivity index (χ4v) is 3.34. The smallest absolute Gasteiger partial charge is 0.336 e. The van der Waals surface area contributed by atoms with Crippen LogP contribution in [0.2, 0.25) is 0 Å². The molecule has 0 unspecified atom stereocenters. The van der Waals surface area contributed by atoms with Gasteiger partial charge in [0.25, 0.3) is 0 Å². The molecule has 0 aliphatic heterocycles. The molecule has 0 spiro atoms. The average Bonchev–Trinajstić information content (AvgIpc) is 2.65. The molecular weight excluding hydrogens is 326 g/mol. The van der Waals surface area contributed by atoms with Gasteiger partial charge in [0.2, 0.25) is 0 Å². The second-order valence-electron chi connectivity index (χ2n) is 6.57. The van der Waals surface area contributed by atoms with Crippen molar-refractivity contribution in [1.29, 1.82) is 0 Å². The maximum atomic E-state index is 11.9. The van der Waals surface area contributed by atoms with Gasteiger partial charge < -0.3 is 14.8 Å². The van der Waals surface area contributed by atoms with Crippen LogP contribution in [-0.4, -0.2) is 11.7 Å². The number of benzene rings is 2. The Bertz CT molecular complexity index is 931. The van der Waals surface area contributed by atoms with Crippen molar-refractivity contribution >= 4 is 11.0 Å². The molecule has 3 rings (SSSR count). The van der Waals surface area contributed by atoms with Crippen molar-refractivity contribution < 1.29 is 9.52 Å². The summed E-state index contributed by atoms with van der Waals surface area (Å²) in [7, 11) is 0. The van der Waals surface area contributed by atoms with Crippen molar-refractivity contribution in [3.63, 3.8) is 0 Å². The molecule has 26 heavy (non-hydrogen) atoms. The quantitative estimate of drug-likeness (QED) is 0.622. The van der Waals surface area contributed by atoms with Gasteiger partial charge in [0, 0.05) is 30.6 Å². The topological polar surface area (TPSA) is 62.5 Å². The molecule has 0 saturated heterocycles. The Hall–Kier alpha value is -2.59. The molecule has 2 N–H and O–H groups in total. The molecule has 1 heterocycles. The molecule has 136 valence electrons.